The Morgan fingerprint density at radius 2 is 1.76 bits per heavy atom. The van der Waals surface area contributed by atoms with Gasteiger partial charge in [-0.25, -0.2) is 0 Å². The van der Waals surface area contributed by atoms with Crippen LogP contribution < -0.4 is 10.6 Å². The normalized spacial score (nSPS) is 18.0. The molecule has 0 heterocycles. The zero-order valence-corrected chi connectivity index (χ0v) is 13.3. The number of hydrogen-bond acceptors (Lipinski definition) is 2. The maximum Gasteiger partial charge on any atom is 0.221 e. The van der Waals surface area contributed by atoms with Gasteiger partial charge in [-0.3, -0.25) is 4.79 Å². The maximum atomic E-state index is 11.0. The van der Waals surface area contributed by atoms with Gasteiger partial charge in [0.2, 0.25) is 5.91 Å². The van der Waals surface area contributed by atoms with Crippen LogP contribution in [-0.4, -0.2) is 11.9 Å². The predicted octanol–water partition coefficient (Wildman–Crippen LogP) is 4.09. The average molecular weight is 288 g/mol. The average Bonchev–Trinajstić information content (AvgIpc) is 2.75. The smallest absolute Gasteiger partial charge is 0.221 e. The van der Waals surface area contributed by atoms with Crippen LogP contribution in [0.2, 0.25) is 0 Å². The first-order valence-electron chi connectivity index (χ1n) is 8.25. The van der Waals surface area contributed by atoms with Gasteiger partial charge in [0.25, 0.3) is 0 Å². The topological polar surface area (TPSA) is 41.1 Å². The van der Waals surface area contributed by atoms with Crippen molar-refractivity contribution in [1.29, 1.82) is 0 Å². The highest BCUT2D eigenvalue weighted by atomic mass is 16.1. The number of carbonyl (C=O) groups excluding carboxylic acids is 1. The SMILES string of the molecule is CC(=O)Nc1ccc(CN[C@@H](C)C2CCCCCC2)cc1. The molecule has 0 unspecified atom stereocenters. The molecule has 0 aliphatic heterocycles. The monoisotopic (exact) mass is 288 g/mol. The molecule has 3 nitrogen and oxygen atoms in total. The van der Waals surface area contributed by atoms with E-state index in [1.807, 2.05) is 12.1 Å². The second kappa shape index (κ2) is 8.18. The molecule has 2 rings (SSSR count). The Morgan fingerprint density at radius 1 is 1.14 bits per heavy atom. The third-order valence-corrected chi connectivity index (χ3v) is 4.51. The Balaban J connectivity index is 1.80. The summed E-state index contributed by atoms with van der Waals surface area (Å²) in [4.78, 5) is 11.0. The molecule has 0 aromatic heterocycles. The predicted molar refractivity (Wildman–Crippen MR) is 88.2 cm³/mol. The van der Waals surface area contributed by atoms with Crippen molar-refractivity contribution >= 4 is 11.6 Å². The quantitative estimate of drug-likeness (QED) is 0.801. The minimum Gasteiger partial charge on any atom is -0.326 e. The summed E-state index contributed by atoms with van der Waals surface area (Å²) < 4.78 is 0. The van der Waals surface area contributed by atoms with E-state index in [0.29, 0.717) is 6.04 Å². The molecule has 1 fully saturated rings. The van der Waals surface area contributed by atoms with Crippen LogP contribution in [0.1, 0.15) is 57.9 Å². The maximum absolute atomic E-state index is 11.0. The summed E-state index contributed by atoms with van der Waals surface area (Å²) in [5.41, 5.74) is 2.13. The second-order valence-corrected chi connectivity index (χ2v) is 6.30. The molecule has 1 aliphatic carbocycles. The highest BCUT2D eigenvalue weighted by Gasteiger charge is 2.18. The molecule has 0 bridgehead atoms. The van der Waals surface area contributed by atoms with Gasteiger partial charge < -0.3 is 10.6 Å². The summed E-state index contributed by atoms with van der Waals surface area (Å²) >= 11 is 0. The number of amides is 1. The molecule has 1 atom stereocenters. The second-order valence-electron chi connectivity index (χ2n) is 6.30. The van der Waals surface area contributed by atoms with E-state index < -0.39 is 0 Å². The highest BCUT2D eigenvalue weighted by Crippen LogP contribution is 2.25. The van der Waals surface area contributed by atoms with Gasteiger partial charge in [-0.05, 0) is 43.4 Å². The van der Waals surface area contributed by atoms with Crippen LogP contribution >= 0.6 is 0 Å². The number of carbonyl (C=O) groups is 1. The van der Waals surface area contributed by atoms with Crippen LogP contribution in [0, 0.1) is 5.92 Å². The summed E-state index contributed by atoms with van der Waals surface area (Å²) in [6.45, 7) is 4.75. The van der Waals surface area contributed by atoms with Gasteiger partial charge in [0.05, 0.1) is 0 Å². The Hall–Kier alpha value is -1.35. The molecule has 1 saturated carbocycles. The van der Waals surface area contributed by atoms with E-state index in [9.17, 15) is 4.79 Å². The fraction of sp³-hybridized carbons (Fsp3) is 0.611. The van der Waals surface area contributed by atoms with Crippen molar-refractivity contribution in [3.63, 3.8) is 0 Å². The summed E-state index contributed by atoms with van der Waals surface area (Å²) in [5.74, 6) is 0.800. The van der Waals surface area contributed by atoms with Gasteiger partial charge in [-0.2, -0.15) is 0 Å². The largest absolute Gasteiger partial charge is 0.326 e. The molecule has 1 aliphatic rings. The molecule has 2 N–H and O–H groups in total. The Kier molecular flexibility index (Phi) is 6.24. The van der Waals surface area contributed by atoms with Gasteiger partial charge in [0.1, 0.15) is 0 Å². The van der Waals surface area contributed by atoms with Gasteiger partial charge in [0.15, 0.2) is 0 Å². The van der Waals surface area contributed by atoms with E-state index in [1.165, 1.54) is 51.0 Å². The fourth-order valence-electron chi connectivity index (χ4n) is 3.17. The molecule has 1 aromatic carbocycles. The van der Waals surface area contributed by atoms with Crippen molar-refractivity contribution in [2.24, 2.45) is 5.92 Å². The van der Waals surface area contributed by atoms with E-state index in [2.05, 4.69) is 29.7 Å². The van der Waals surface area contributed by atoms with Crippen LogP contribution in [0.5, 0.6) is 0 Å². The minimum absolute atomic E-state index is 0.0251. The number of hydrogen-bond donors (Lipinski definition) is 2. The van der Waals surface area contributed by atoms with Crippen LogP contribution in [0.25, 0.3) is 0 Å². The number of benzene rings is 1. The molecule has 3 heteroatoms. The zero-order chi connectivity index (χ0) is 15.1. The van der Waals surface area contributed by atoms with E-state index >= 15 is 0 Å². The van der Waals surface area contributed by atoms with E-state index in [4.69, 9.17) is 0 Å². The first-order chi connectivity index (χ1) is 10.1. The number of rotatable bonds is 5. The van der Waals surface area contributed by atoms with Crippen LogP contribution in [0.3, 0.4) is 0 Å². The Morgan fingerprint density at radius 3 is 2.33 bits per heavy atom. The van der Waals surface area contributed by atoms with Gasteiger partial charge >= 0.3 is 0 Å². The molecular weight excluding hydrogens is 260 g/mol. The number of nitrogens with one attached hydrogen (secondary N) is 2. The molecule has 21 heavy (non-hydrogen) atoms. The van der Waals surface area contributed by atoms with Crippen molar-refractivity contribution in [3.8, 4) is 0 Å². The summed E-state index contributed by atoms with van der Waals surface area (Å²) in [7, 11) is 0. The van der Waals surface area contributed by atoms with Crippen LogP contribution in [-0.2, 0) is 11.3 Å². The van der Waals surface area contributed by atoms with Crippen molar-refractivity contribution < 1.29 is 4.79 Å². The molecule has 1 aromatic rings. The molecule has 1 amide bonds. The molecule has 0 spiro atoms. The zero-order valence-electron chi connectivity index (χ0n) is 13.3. The number of anilines is 1. The third-order valence-electron chi connectivity index (χ3n) is 4.51. The third kappa shape index (κ3) is 5.50. The fourth-order valence-corrected chi connectivity index (χ4v) is 3.17. The van der Waals surface area contributed by atoms with Gasteiger partial charge in [-0.15, -0.1) is 0 Å². The summed E-state index contributed by atoms with van der Waals surface area (Å²) in [6.07, 6.45) is 8.34. The van der Waals surface area contributed by atoms with Crippen molar-refractivity contribution in [2.45, 2.75) is 65.0 Å². The molecule has 116 valence electrons. The molecule has 0 radical (unpaired) electrons. The van der Waals surface area contributed by atoms with Crippen LogP contribution in [0.4, 0.5) is 5.69 Å². The lowest BCUT2D eigenvalue weighted by molar-refractivity contribution is -0.114. The lowest BCUT2D eigenvalue weighted by Crippen LogP contribution is -2.32. The Bertz CT molecular complexity index is 433. The lowest BCUT2D eigenvalue weighted by Gasteiger charge is -2.23. The minimum atomic E-state index is -0.0251. The van der Waals surface area contributed by atoms with Gasteiger partial charge in [0, 0.05) is 25.2 Å². The summed E-state index contributed by atoms with van der Waals surface area (Å²) in [6, 6.07) is 8.68. The molecular formula is C18H28N2O. The first-order valence-corrected chi connectivity index (χ1v) is 8.25. The van der Waals surface area contributed by atoms with E-state index in [0.717, 1.165) is 18.2 Å². The van der Waals surface area contributed by atoms with Gasteiger partial charge in [-0.1, -0.05) is 37.8 Å². The standard InChI is InChI=1S/C18H28N2O/c1-14(17-7-5-3-4-6-8-17)19-13-16-9-11-18(12-10-16)20-15(2)21/h9-12,14,17,19H,3-8,13H2,1-2H3,(H,20,21)/t14-/m0/s1. The van der Waals surface area contributed by atoms with E-state index in [-0.39, 0.29) is 5.91 Å². The van der Waals surface area contributed by atoms with E-state index in [1.54, 1.807) is 0 Å². The highest BCUT2D eigenvalue weighted by molar-refractivity contribution is 5.88. The lowest BCUT2D eigenvalue weighted by atomic mass is 9.93. The first kappa shape index (κ1) is 16.0. The van der Waals surface area contributed by atoms with Crippen LogP contribution in [0.15, 0.2) is 24.3 Å². The van der Waals surface area contributed by atoms with Crippen molar-refractivity contribution in [3.05, 3.63) is 29.8 Å². The molecule has 0 saturated heterocycles. The van der Waals surface area contributed by atoms with Crippen molar-refractivity contribution in [1.82, 2.24) is 5.32 Å². The van der Waals surface area contributed by atoms with Crippen molar-refractivity contribution in [2.75, 3.05) is 5.32 Å². The summed E-state index contributed by atoms with van der Waals surface area (Å²) in [5, 5.41) is 6.47. The Labute approximate surface area is 128 Å².